The van der Waals surface area contributed by atoms with E-state index in [9.17, 15) is 9.59 Å². The Morgan fingerprint density at radius 1 is 1.23 bits per heavy atom. The maximum atomic E-state index is 13.5. The summed E-state index contributed by atoms with van der Waals surface area (Å²) in [5.74, 6) is 1.65. The van der Waals surface area contributed by atoms with Gasteiger partial charge in [0.15, 0.2) is 22.7 Å². The van der Waals surface area contributed by atoms with Gasteiger partial charge in [0.25, 0.3) is 5.88 Å². The summed E-state index contributed by atoms with van der Waals surface area (Å²) in [6, 6.07) is 8.58. The molecule has 0 radical (unpaired) electrons. The first kappa shape index (κ1) is 26.0. The fourth-order valence-corrected chi connectivity index (χ4v) is 4.43. The number of aromatic nitrogens is 2. The fourth-order valence-electron chi connectivity index (χ4n) is 4.28. The lowest BCUT2D eigenvalue weighted by atomic mass is 10.00. The topological polar surface area (TPSA) is 134 Å². The van der Waals surface area contributed by atoms with Crippen molar-refractivity contribution in [3.63, 3.8) is 0 Å². The van der Waals surface area contributed by atoms with E-state index in [1.807, 2.05) is 19.9 Å². The van der Waals surface area contributed by atoms with Crippen LogP contribution in [0.15, 0.2) is 50.7 Å². The van der Waals surface area contributed by atoms with Gasteiger partial charge in [-0.2, -0.15) is 5.48 Å². The highest BCUT2D eigenvalue weighted by Gasteiger charge is 2.24. The van der Waals surface area contributed by atoms with Crippen LogP contribution in [-0.4, -0.2) is 36.1 Å². The zero-order valence-corrected chi connectivity index (χ0v) is 22.2. The summed E-state index contributed by atoms with van der Waals surface area (Å²) in [6.07, 6.45) is 0.956. The Bertz CT molecular complexity index is 1690. The third-order valence-corrected chi connectivity index (χ3v) is 6.31. The maximum Gasteiger partial charge on any atom is 0.320 e. The van der Waals surface area contributed by atoms with Gasteiger partial charge in [-0.05, 0) is 56.7 Å². The van der Waals surface area contributed by atoms with Gasteiger partial charge in [0.1, 0.15) is 28.3 Å². The van der Waals surface area contributed by atoms with E-state index in [-0.39, 0.29) is 35.4 Å². The van der Waals surface area contributed by atoms with Crippen molar-refractivity contribution in [2.24, 2.45) is 4.99 Å². The predicted octanol–water partition coefficient (Wildman–Crippen LogP) is 4.44. The number of hydrogen-bond donors (Lipinski definition) is 1. The van der Waals surface area contributed by atoms with Crippen molar-refractivity contribution in [1.82, 2.24) is 15.4 Å². The fraction of sp³-hybridized carbons (Fsp3) is 0.222. The van der Waals surface area contributed by atoms with Crippen molar-refractivity contribution < 1.29 is 28.3 Å². The number of hydroxylamine groups is 1. The van der Waals surface area contributed by atoms with Crippen LogP contribution in [0.1, 0.15) is 35.4 Å². The van der Waals surface area contributed by atoms with E-state index in [0.717, 1.165) is 5.56 Å². The van der Waals surface area contributed by atoms with Crippen molar-refractivity contribution in [3.8, 4) is 28.7 Å². The van der Waals surface area contributed by atoms with Crippen LogP contribution in [0.4, 0.5) is 0 Å². The molecule has 1 N–H and O–H groups in total. The van der Waals surface area contributed by atoms with Crippen molar-refractivity contribution >= 4 is 34.9 Å². The molecule has 1 unspecified atom stereocenters. The van der Waals surface area contributed by atoms with E-state index in [4.69, 9.17) is 30.2 Å². The first-order chi connectivity index (χ1) is 18.8. The highest BCUT2D eigenvalue weighted by Crippen LogP contribution is 2.37. The lowest BCUT2D eigenvalue weighted by Crippen LogP contribution is -2.26. The Kier molecular flexibility index (Phi) is 7.07. The van der Waals surface area contributed by atoms with Crippen molar-refractivity contribution in [3.05, 3.63) is 74.3 Å². The van der Waals surface area contributed by atoms with E-state index in [1.165, 1.54) is 7.05 Å². The van der Waals surface area contributed by atoms with Crippen LogP contribution in [-0.2, 0) is 9.63 Å². The first-order valence-electron chi connectivity index (χ1n) is 11.8. The molecular formula is C27H23ClN4O7. The minimum absolute atomic E-state index is 0.0769. The largest absolute Gasteiger partial charge is 0.483 e. The summed E-state index contributed by atoms with van der Waals surface area (Å²) in [7, 11) is 1.49. The van der Waals surface area contributed by atoms with Gasteiger partial charge in [-0.15, -0.1) is 0 Å². The molecule has 4 aromatic rings. The second-order valence-electron chi connectivity index (χ2n) is 8.68. The summed E-state index contributed by atoms with van der Waals surface area (Å²) >= 11 is 6.12. The Labute approximate surface area is 227 Å². The molecule has 1 aliphatic rings. The molecule has 4 heterocycles. The average molecular weight is 551 g/mol. The van der Waals surface area contributed by atoms with Crippen molar-refractivity contribution in [1.29, 1.82) is 0 Å². The summed E-state index contributed by atoms with van der Waals surface area (Å²) in [5, 5.41) is 0.602. The first-order valence-corrected chi connectivity index (χ1v) is 12.2. The number of benzene rings is 1. The van der Waals surface area contributed by atoms with Crippen molar-refractivity contribution in [2.45, 2.75) is 26.9 Å². The van der Waals surface area contributed by atoms with E-state index in [2.05, 4.69) is 25.3 Å². The summed E-state index contributed by atoms with van der Waals surface area (Å²) in [5.41, 5.74) is 5.31. The van der Waals surface area contributed by atoms with Gasteiger partial charge in [-0.1, -0.05) is 11.6 Å². The second kappa shape index (κ2) is 10.6. The van der Waals surface area contributed by atoms with Crippen LogP contribution in [0.25, 0.3) is 22.3 Å². The van der Waals surface area contributed by atoms with Crippen LogP contribution in [0.3, 0.4) is 0 Å². The number of carbonyl (C=O) groups is 1. The molecule has 1 aromatic carbocycles. The monoisotopic (exact) mass is 550 g/mol. The molecule has 0 amide bonds. The molecule has 200 valence electrons. The number of fused-ring (bicyclic) bond motifs is 2. The SMILES string of the molecule is CN=C(NOC=O)c1nc(Cl)ccc1OC(C)c1cc(C)cc2c(=O)c(C)c(-c3cnc4c(c3)OCO4)oc12. The van der Waals surface area contributed by atoms with E-state index < -0.39 is 6.10 Å². The molecule has 0 bridgehead atoms. The number of hydrogen-bond acceptors (Lipinski definition) is 10. The minimum atomic E-state index is -0.618. The molecule has 0 saturated heterocycles. The molecule has 12 heteroatoms. The lowest BCUT2D eigenvalue weighted by Gasteiger charge is -2.20. The van der Waals surface area contributed by atoms with Gasteiger partial charge in [-0.3, -0.25) is 14.6 Å². The number of nitrogens with one attached hydrogen (secondary N) is 1. The standard InChI is InChI=1S/C27H23ClN4O7/c1-13-7-17(15(3)38-19-5-6-21(28)31-22(19)26(29-4)32-37-11-33)25-18(8-13)23(34)14(2)24(39-25)16-9-20-27(30-10-16)36-12-35-20/h5-11,15H,12H2,1-4H3,(H,29,32). The summed E-state index contributed by atoms with van der Waals surface area (Å²) in [6.45, 7) is 5.70. The van der Waals surface area contributed by atoms with Gasteiger partial charge >= 0.3 is 6.47 Å². The van der Waals surface area contributed by atoms with Crippen molar-refractivity contribution in [2.75, 3.05) is 13.8 Å². The molecular weight excluding hydrogens is 528 g/mol. The van der Waals surface area contributed by atoms with Gasteiger partial charge in [0, 0.05) is 29.9 Å². The van der Waals surface area contributed by atoms with E-state index >= 15 is 0 Å². The maximum absolute atomic E-state index is 13.5. The van der Waals surface area contributed by atoms with Crippen LogP contribution >= 0.6 is 11.6 Å². The number of amidine groups is 1. The van der Waals surface area contributed by atoms with Gasteiger partial charge in [0.2, 0.25) is 6.79 Å². The highest BCUT2D eigenvalue weighted by molar-refractivity contribution is 6.29. The Morgan fingerprint density at radius 3 is 2.82 bits per heavy atom. The smallest absolute Gasteiger partial charge is 0.320 e. The Hall–Kier alpha value is -4.64. The third kappa shape index (κ3) is 4.96. The molecule has 1 atom stereocenters. The van der Waals surface area contributed by atoms with Crippen LogP contribution in [0, 0.1) is 13.8 Å². The predicted molar refractivity (Wildman–Crippen MR) is 142 cm³/mol. The molecule has 39 heavy (non-hydrogen) atoms. The molecule has 1 aliphatic heterocycles. The second-order valence-corrected chi connectivity index (χ2v) is 9.07. The molecule has 0 aliphatic carbocycles. The molecule has 11 nitrogen and oxygen atoms in total. The number of halogens is 1. The number of aryl methyl sites for hydroxylation is 1. The number of aliphatic imine (C=N–C) groups is 1. The quantitative estimate of drug-likeness (QED) is 0.116. The summed E-state index contributed by atoms with van der Waals surface area (Å²) < 4.78 is 23.4. The van der Waals surface area contributed by atoms with Gasteiger partial charge in [-0.25, -0.2) is 9.97 Å². The number of nitrogens with zero attached hydrogens (tertiary/aromatic N) is 3. The van der Waals surface area contributed by atoms with Crippen LogP contribution in [0.5, 0.6) is 17.4 Å². The zero-order chi connectivity index (χ0) is 27.7. The van der Waals surface area contributed by atoms with Crippen LogP contribution < -0.4 is 25.1 Å². The molecule has 5 rings (SSSR count). The summed E-state index contributed by atoms with van der Waals surface area (Å²) in [4.78, 5) is 41.4. The molecule has 0 saturated carbocycles. The highest BCUT2D eigenvalue weighted by atomic mass is 35.5. The lowest BCUT2D eigenvalue weighted by molar-refractivity contribution is -0.132. The van der Waals surface area contributed by atoms with E-state index in [0.29, 0.717) is 50.8 Å². The normalized spacial score (nSPS) is 13.3. The number of rotatable bonds is 7. The minimum Gasteiger partial charge on any atom is -0.483 e. The average Bonchev–Trinajstić information content (AvgIpc) is 3.40. The number of carbonyl (C=O) groups excluding carboxylic acids is 1. The van der Waals surface area contributed by atoms with E-state index in [1.54, 1.807) is 37.4 Å². The molecule has 3 aromatic heterocycles. The third-order valence-electron chi connectivity index (χ3n) is 6.10. The van der Waals surface area contributed by atoms with Gasteiger partial charge < -0.3 is 23.5 Å². The zero-order valence-electron chi connectivity index (χ0n) is 21.4. The number of pyridine rings is 2. The Balaban J connectivity index is 1.61. The molecule has 0 spiro atoms. The van der Waals surface area contributed by atoms with Crippen LogP contribution in [0.2, 0.25) is 5.15 Å². The number of ether oxygens (including phenoxy) is 3. The van der Waals surface area contributed by atoms with Gasteiger partial charge in [0.05, 0.1) is 5.39 Å². The molecule has 0 fully saturated rings. The Morgan fingerprint density at radius 2 is 2.05 bits per heavy atom.